The number of nitrogens with one attached hydrogen (secondary N) is 1. The van der Waals surface area contributed by atoms with E-state index in [-0.39, 0.29) is 5.56 Å². The summed E-state index contributed by atoms with van der Waals surface area (Å²) >= 11 is 0. The average Bonchev–Trinajstić information content (AvgIpc) is 2.66. The van der Waals surface area contributed by atoms with Gasteiger partial charge in [-0.3, -0.25) is 9.59 Å². The molecule has 2 aromatic rings. The maximum absolute atomic E-state index is 12.7. The summed E-state index contributed by atoms with van der Waals surface area (Å²) in [7, 11) is 1.27. The van der Waals surface area contributed by atoms with E-state index in [1.807, 2.05) is 30.3 Å². The number of amides is 1. The Morgan fingerprint density at radius 1 is 1.04 bits per heavy atom. The number of rotatable bonds is 4. The SMILES string of the molecule is COC(=O)c1cc2ccccc2cc1NC(=O)C1CC=CCC1C(=O)O. The molecule has 0 bridgehead atoms. The summed E-state index contributed by atoms with van der Waals surface area (Å²) in [5, 5.41) is 13.8. The van der Waals surface area contributed by atoms with Crippen LogP contribution in [0, 0.1) is 11.8 Å². The lowest BCUT2D eigenvalue weighted by Gasteiger charge is -2.24. The van der Waals surface area contributed by atoms with E-state index in [2.05, 4.69) is 5.32 Å². The van der Waals surface area contributed by atoms with Crippen molar-refractivity contribution in [3.63, 3.8) is 0 Å². The monoisotopic (exact) mass is 353 g/mol. The van der Waals surface area contributed by atoms with Gasteiger partial charge in [0.25, 0.3) is 0 Å². The molecule has 26 heavy (non-hydrogen) atoms. The van der Waals surface area contributed by atoms with E-state index in [4.69, 9.17) is 4.74 Å². The summed E-state index contributed by atoms with van der Waals surface area (Å²) in [6.07, 6.45) is 4.25. The van der Waals surface area contributed by atoms with Gasteiger partial charge >= 0.3 is 11.9 Å². The lowest BCUT2D eigenvalue weighted by molar-refractivity contribution is -0.146. The maximum Gasteiger partial charge on any atom is 0.339 e. The van der Waals surface area contributed by atoms with E-state index in [0.29, 0.717) is 18.5 Å². The molecule has 0 aliphatic heterocycles. The van der Waals surface area contributed by atoms with Crippen molar-refractivity contribution in [2.24, 2.45) is 11.8 Å². The first kappa shape index (κ1) is 17.7. The Bertz CT molecular complexity index is 902. The van der Waals surface area contributed by atoms with Crippen molar-refractivity contribution in [1.82, 2.24) is 0 Å². The summed E-state index contributed by atoms with van der Waals surface area (Å²) < 4.78 is 4.82. The number of hydrogen-bond acceptors (Lipinski definition) is 4. The molecule has 2 N–H and O–H groups in total. The zero-order chi connectivity index (χ0) is 18.7. The number of aliphatic carboxylic acids is 1. The Kier molecular flexibility index (Phi) is 5.02. The number of allylic oxidation sites excluding steroid dienone is 2. The highest BCUT2D eigenvalue weighted by atomic mass is 16.5. The molecular formula is C20H19NO5. The molecule has 0 radical (unpaired) electrons. The molecule has 0 fully saturated rings. The summed E-state index contributed by atoms with van der Waals surface area (Å²) in [5.41, 5.74) is 0.553. The van der Waals surface area contributed by atoms with E-state index in [1.165, 1.54) is 7.11 Å². The van der Waals surface area contributed by atoms with Gasteiger partial charge in [-0.05, 0) is 35.7 Å². The van der Waals surface area contributed by atoms with Crippen LogP contribution in [0.3, 0.4) is 0 Å². The van der Waals surface area contributed by atoms with Crippen molar-refractivity contribution in [3.8, 4) is 0 Å². The van der Waals surface area contributed by atoms with E-state index in [9.17, 15) is 19.5 Å². The fourth-order valence-electron chi connectivity index (χ4n) is 3.22. The number of anilines is 1. The van der Waals surface area contributed by atoms with Crippen LogP contribution in [0.4, 0.5) is 5.69 Å². The van der Waals surface area contributed by atoms with Crippen molar-refractivity contribution in [2.45, 2.75) is 12.8 Å². The quantitative estimate of drug-likeness (QED) is 0.650. The number of benzene rings is 2. The molecule has 2 unspecified atom stereocenters. The number of ether oxygens (including phenoxy) is 1. The van der Waals surface area contributed by atoms with Crippen LogP contribution < -0.4 is 5.32 Å². The maximum atomic E-state index is 12.7. The summed E-state index contributed by atoms with van der Waals surface area (Å²) in [5.74, 6) is -3.44. The first-order valence-electron chi connectivity index (χ1n) is 8.31. The van der Waals surface area contributed by atoms with Crippen LogP contribution >= 0.6 is 0 Å². The minimum Gasteiger partial charge on any atom is -0.481 e. The second kappa shape index (κ2) is 7.39. The Morgan fingerprint density at radius 3 is 2.27 bits per heavy atom. The summed E-state index contributed by atoms with van der Waals surface area (Å²) in [4.78, 5) is 36.3. The second-order valence-corrected chi connectivity index (χ2v) is 6.22. The summed E-state index contributed by atoms with van der Waals surface area (Å²) in [6, 6.07) is 10.8. The van der Waals surface area contributed by atoms with E-state index < -0.39 is 29.7 Å². The lowest BCUT2D eigenvalue weighted by atomic mass is 9.82. The van der Waals surface area contributed by atoms with Crippen LogP contribution in [0.5, 0.6) is 0 Å². The highest BCUT2D eigenvalue weighted by Crippen LogP contribution is 2.30. The molecule has 0 saturated carbocycles. The number of carboxylic acids is 1. The lowest BCUT2D eigenvalue weighted by Crippen LogP contribution is -2.35. The number of carbonyl (C=O) groups is 3. The van der Waals surface area contributed by atoms with Gasteiger partial charge in [0, 0.05) is 0 Å². The van der Waals surface area contributed by atoms with Gasteiger partial charge in [-0.2, -0.15) is 0 Å². The smallest absolute Gasteiger partial charge is 0.339 e. The van der Waals surface area contributed by atoms with Crippen LogP contribution in [0.25, 0.3) is 10.8 Å². The molecule has 6 heteroatoms. The second-order valence-electron chi connectivity index (χ2n) is 6.22. The molecule has 1 amide bonds. The zero-order valence-corrected chi connectivity index (χ0v) is 14.3. The molecule has 3 rings (SSSR count). The molecule has 1 aliphatic rings. The first-order chi connectivity index (χ1) is 12.5. The fraction of sp³-hybridized carbons (Fsp3) is 0.250. The third-order valence-electron chi connectivity index (χ3n) is 4.64. The third kappa shape index (κ3) is 3.44. The van der Waals surface area contributed by atoms with Gasteiger partial charge < -0.3 is 15.2 Å². The largest absolute Gasteiger partial charge is 0.481 e. The molecule has 2 aromatic carbocycles. The van der Waals surface area contributed by atoms with Gasteiger partial charge in [0.15, 0.2) is 0 Å². The van der Waals surface area contributed by atoms with Crippen molar-refractivity contribution in [3.05, 3.63) is 54.1 Å². The first-order valence-corrected chi connectivity index (χ1v) is 8.31. The number of hydrogen-bond donors (Lipinski definition) is 2. The van der Waals surface area contributed by atoms with Crippen LogP contribution in [0.2, 0.25) is 0 Å². The Hall–Kier alpha value is -3.15. The summed E-state index contributed by atoms with van der Waals surface area (Å²) in [6.45, 7) is 0. The van der Waals surface area contributed by atoms with Crippen molar-refractivity contribution in [1.29, 1.82) is 0 Å². The molecule has 0 aromatic heterocycles. The molecule has 2 atom stereocenters. The Labute approximate surface area is 150 Å². The predicted octanol–water partition coefficient (Wildman–Crippen LogP) is 3.23. The fourth-order valence-corrected chi connectivity index (χ4v) is 3.22. The number of carboxylic acid groups (broad SMARTS) is 1. The standard InChI is InChI=1S/C20H19NO5/c1-26-20(25)16-10-12-6-2-3-7-13(12)11-17(16)21-18(22)14-8-4-5-9-15(14)19(23)24/h2-7,10-11,14-15H,8-9H2,1H3,(H,21,22)(H,23,24). The molecule has 6 nitrogen and oxygen atoms in total. The minimum absolute atomic E-state index is 0.234. The van der Waals surface area contributed by atoms with Crippen LogP contribution in [0.1, 0.15) is 23.2 Å². The zero-order valence-electron chi connectivity index (χ0n) is 14.3. The molecule has 0 heterocycles. The Morgan fingerprint density at radius 2 is 1.65 bits per heavy atom. The highest BCUT2D eigenvalue weighted by molar-refractivity contribution is 6.06. The molecule has 134 valence electrons. The molecule has 1 aliphatic carbocycles. The number of fused-ring (bicyclic) bond motifs is 1. The molecular weight excluding hydrogens is 334 g/mol. The number of esters is 1. The van der Waals surface area contributed by atoms with Crippen molar-refractivity contribution >= 4 is 34.3 Å². The van der Waals surface area contributed by atoms with E-state index in [0.717, 1.165) is 10.8 Å². The van der Waals surface area contributed by atoms with Crippen LogP contribution in [0.15, 0.2) is 48.6 Å². The molecule has 0 saturated heterocycles. The highest BCUT2D eigenvalue weighted by Gasteiger charge is 2.34. The van der Waals surface area contributed by atoms with Crippen LogP contribution in [-0.2, 0) is 14.3 Å². The van der Waals surface area contributed by atoms with Gasteiger partial charge in [0.2, 0.25) is 5.91 Å². The van der Waals surface area contributed by atoms with Gasteiger partial charge in [-0.25, -0.2) is 4.79 Å². The number of methoxy groups -OCH3 is 1. The van der Waals surface area contributed by atoms with E-state index in [1.54, 1.807) is 18.2 Å². The van der Waals surface area contributed by atoms with Gasteiger partial charge in [-0.1, -0.05) is 36.4 Å². The third-order valence-corrected chi connectivity index (χ3v) is 4.64. The van der Waals surface area contributed by atoms with Gasteiger partial charge in [0.1, 0.15) is 0 Å². The Balaban J connectivity index is 1.96. The minimum atomic E-state index is -0.999. The van der Waals surface area contributed by atoms with Crippen LogP contribution in [-0.4, -0.2) is 30.1 Å². The van der Waals surface area contributed by atoms with E-state index >= 15 is 0 Å². The molecule has 0 spiro atoms. The number of carbonyl (C=O) groups excluding carboxylic acids is 2. The van der Waals surface area contributed by atoms with Gasteiger partial charge in [-0.15, -0.1) is 0 Å². The van der Waals surface area contributed by atoms with Crippen molar-refractivity contribution < 1.29 is 24.2 Å². The normalized spacial score (nSPS) is 19.1. The van der Waals surface area contributed by atoms with Gasteiger partial charge in [0.05, 0.1) is 30.2 Å². The predicted molar refractivity (Wildman–Crippen MR) is 96.9 cm³/mol. The average molecular weight is 353 g/mol. The topological polar surface area (TPSA) is 92.7 Å². The van der Waals surface area contributed by atoms with Crippen molar-refractivity contribution in [2.75, 3.05) is 12.4 Å².